The highest BCUT2D eigenvalue weighted by Crippen LogP contribution is 2.33. The van der Waals surface area contributed by atoms with Crippen molar-refractivity contribution in [2.75, 3.05) is 11.9 Å². The maximum Gasteiger partial charge on any atom is 0.322 e. The molecule has 2 aromatic carbocycles. The highest BCUT2D eigenvalue weighted by molar-refractivity contribution is 6.33. The Bertz CT molecular complexity index is 958. The summed E-state index contributed by atoms with van der Waals surface area (Å²) in [6, 6.07) is 14.7. The number of hydrogen-bond donors (Lipinski definition) is 1. The number of anilines is 1. The van der Waals surface area contributed by atoms with E-state index in [9.17, 15) is 4.79 Å². The van der Waals surface area contributed by atoms with Crippen LogP contribution in [0.4, 0.5) is 10.5 Å². The molecule has 1 atom stereocenters. The number of amides is 2. The summed E-state index contributed by atoms with van der Waals surface area (Å²) in [5.41, 5.74) is 2.51. The first kappa shape index (κ1) is 17.5. The molecule has 0 bridgehead atoms. The summed E-state index contributed by atoms with van der Waals surface area (Å²) in [6.07, 6.45) is 1.66. The minimum absolute atomic E-state index is 0.220. The fourth-order valence-electron chi connectivity index (χ4n) is 3.25. The molecular weight excluding hydrogens is 364 g/mol. The summed E-state index contributed by atoms with van der Waals surface area (Å²) >= 11 is 6.23. The summed E-state index contributed by atoms with van der Waals surface area (Å²) in [5, 5.41) is 7.47. The summed E-state index contributed by atoms with van der Waals surface area (Å²) < 4.78 is 5.46. The molecule has 1 aliphatic rings. The van der Waals surface area contributed by atoms with Gasteiger partial charge in [-0.05, 0) is 37.5 Å². The van der Waals surface area contributed by atoms with Gasteiger partial charge in [0.15, 0.2) is 0 Å². The molecule has 0 saturated carbocycles. The van der Waals surface area contributed by atoms with Gasteiger partial charge < -0.3 is 14.7 Å². The monoisotopic (exact) mass is 382 g/mol. The molecule has 2 heterocycles. The van der Waals surface area contributed by atoms with Crippen LogP contribution < -0.4 is 5.32 Å². The molecule has 0 radical (unpaired) electrons. The van der Waals surface area contributed by atoms with Gasteiger partial charge >= 0.3 is 6.03 Å². The van der Waals surface area contributed by atoms with Gasteiger partial charge in [-0.15, -0.1) is 0 Å². The van der Waals surface area contributed by atoms with Crippen molar-refractivity contribution in [1.29, 1.82) is 0 Å². The van der Waals surface area contributed by atoms with E-state index in [1.54, 1.807) is 11.0 Å². The van der Waals surface area contributed by atoms with Gasteiger partial charge in [-0.2, -0.15) is 4.98 Å². The van der Waals surface area contributed by atoms with Gasteiger partial charge in [-0.25, -0.2) is 4.79 Å². The molecule has 1 saturated heterocycles. The normalized spacial score (nSPS) is 16.5. The van der Waals surface area contributed by atoms with Crippen LogP contribution >= 0.6 is 11.6 Å². The fourth-order valence-corrected chi connectivity index (χ4v) is 3.53. The number of halogens is 1. The van der Waals surface area contributed by atoms with Crippen molar-refractivity contribution in [2.24, 2.45) is 0 Å². The number of aromatic nitrogens is 2. The topological polar surface area (TPSA) is 71.3 Å². The summed E-state index contributed by atoms with van der Waals surface area (Å²) in [7, 11) is 0. The zero-order chi connectivity index (χ0) is 18.8. The Morgan fingerprint density at radius 2 is 2.07 bits per heavy atom. The second-order valence-electron chi connectivity index (χ2n) is 6.59. The number of aryl methyl sites for hydroxylation is 1. The Hall–Kier alpha value is -2.86. The van der Waals surface area contributed by atoms with Gasteiger partial charge in [0, 0.05) is 12.1 Å². The quantitative estimate of drug-likeness (QED) is 0.686. The smallest absolute Gasteiger partial charge is 0.322 e. The first-order valence-electron chi connectivity index (χ1n) is 8.84. The number of carbonyl (C=O) groups excluding carboxylic acids is 1. The Kier molecular flexibility index (Phi) is 4.81. The summed E-state index contributed by atoms with van der Waals surface area (Å²) in [6.45, 7) is 2.58. The first-order valence-corrected chi connectivity index (χ1v) is 9.22. The van der Waals surface area contributed by atoms with Gasteiger partial charge in [-0.1, -0.05) is 53.2 Å². The maximum atomic E-state index is 12.8. The Balaban J connectivity index is 1.52. The van der Waals surface area contributed by atoms with E-state index >= 15 is 0 Å². The van der Waals surface area contributed by atoms with Crippen LogP contribution in [0.25, 0.3) is 11.4 Å². The van der Waals surface area contributed by atoms with E-state index in [0.29, 0.717) is 29.0 Å². The number of hydrogen-bond acceptors (Lipinski definition) is 4. The number of urea groups is 1. The molecule has 7 heteroatoms. The number of benzene rings is 2. The molecule has 6 nitrogen and oxygen atoms in total. The molecule has 1 N–H and O–H groups in total. The second-order valence-corrected chi connectivity index (χ2v) is 6.99. The molecule has 2 amide bonds. The molecule has 1 fully saturated rings. The molecule has 1 aliphatic heterocycles. The van der Waals surface area contributed by atoms with Crippen molar-refractivity contribution in [3.63, 3.8) is 0 Å². The molecule has 1 unspecified atom stereocenters. The first-order chi connectivity index (χ1) is 13.1. The molecule has 0 spiro atoms. The fraction of sp³-hybridized carbons (Fsp3) is 0.250. The molecule has 1 aromatic heterocycles. The van der Waals surface area contributed by atoms with Crippen molar-refractivity contribution < 1.29 is 9.32 Å². The van der Waals surface area contributed by atoms with E-state index in [1.807, 2.05) is 49.4 Å². The van der Waals surface area contributed by atoms with Crippen molar-refractivity contribution in [2.45, 2.75) is 25.8 Å². The SMILES string of the molecule is Cc1ccc(NC(=O)N2CCCC2c2nc(-c3ccccc3)no2)c(Cl)c1. The lowest BCUT2D eigenvalue weighted by atomic mass is 10.2. The van der Waals surface area contributed by atoms with E-state index in [0.717, 1.165) is 24.0 Å². The zero-order valence-corrected chi connectivity index (χ0v) is 15.6. The third kappa shape index (κ3) is 3.66. The van der Waals surface area contributed by atoms with Gasteiger partial charge in [0.05, 0.1) is 10.7 Å². The average Bonchev–Trinajstić information content (AvgIpc) is 3.33. The van der Waals surface area contributed by atoms with Gasteiger partial charge in [0.2, 0.25) is 11.7 Å². The predicted molar refractivity (Wildman–Crippen MR) is 104 cm³/mol. The molecule has 0 aliphatic carbocycles. The lowest BCUT2D eigenvalue weighted by Gasteiger charge is -2.22. The van der Waals surface area contributed by atoms with E-state index < -0.39 is 0 Å². The molecule has 27 heavy (non-hydrogen) atoms. The second kappa shape index (κ2) is 7.40. The lowest BCUT2D eigenvalue weighted by Crippen LogP contribution is -2.34. The minimum Gasteiger partial charge on any atom is -0.337 e. The number of likely N-dealkylation sites (tertiary alicyclic amines) is 1. The minimum atomic E-state index is -0.237. The standard InChI is InChI=1S/C20H19ClN4O2/c1-13-9-10-16(15(21)12-13)22-20(26)25-11-5-8-17(25)19-23-18(24-27-19)14-6-3-2-4-7-14/h2-4,6-7,9-10,12,17H,5,8,11H2,1H3,(H,22,26). The zero-order valence-electron chi connectivity index (χ0n) is 14.9. The largest absolute Gasteiger partial charge is 0.337 e. The molecule has 3 aromatic rings. The van der Waals surface area contributed by atoms with E-state index in [2.05, 4.69) is 15.5 Å². The lowest BCUT2D eigenvalue weighted by molar-refractivity contribution is 0.193. The summed E-state index contributed by atoms with van der Waals surface area (Å²) in [5.74, 6) is 0.982. The Morgan fingerprint density at radius 3 is 2.85 bits per heavy atom. The van der Waals surface area contributed by atoms with Crippen LogP contribution in [0.1, 0.15) is 30.3 Å². The number of rotatable bonds is 3. The van der Waals surface area contributed by atoms with E-state index in [1.165, 1.54) is 0 Å². The van der Waals surface area contributed by atoms with Crippen LogP contribution in [0.3, 0.4) is 0 Å². The van der Waals surface area contributed by atoms with Crippen LogP contribution in [0.15, 0.2) is 53.1 Å². The molecule has 4 rings (SSSR count). The van der Waals surface area contributed by atoms with Crippen LogP contribution in [0.2, 0.25) is 5.02 Å². The predicted octanol–water partition coefficient (Wildman–Crippen LogP) is 5.07. The van der Waals surface area contributed by atoms with Crippen molar-refractivity contribution >= 4 is 23.3 Å². The van der Waals surface area contributed by atoms with Gasteiger partial charge in [-0.3, -0.25) is 0 Å². The molecular formula is C20H19ClN4O2. The highest BCUT2D eigenvalue weighted by Gasteiger charge is 2.34. The summed E-state index contributed by atoms with van der Waals surface area (Å²) in [4.78, 5) is 19.0. The third-order valence-corrected chi connectivity index (χ3v) is 4.95. The number of nitrogens with zero attached hydrogens (tertiary/aromatic N) is 3. The van der Waals surface area contributed by atoms with Crippen LogP contribution in [-0.4, -0.2) is 27.6 Å². The number of carbonyl (C=O) groups is 1. The van der Waals surface area contributed by atoms with E-state index in [-0.39, 0.29) is 12.1 Å². The van der Waals surface area contributed by atoms with Crippen LogP contribution in [-0.2, 0) is 0 Å². The maximum absolute atomic E-state index is 12.8. The highest BCUT2D eigenvalue weighted by atomic mass is 35.5. The van der Waals surface area contributed by atoms with Crippen molar-refractivity contribution in [3.05, 3.63) is 65.0 Å². The number of nitrogens with one attached hydrogen (secondary N) is 1. The average molecular weight is 383 g/mol. The Morgan fingerprint density at radius 1 is 1.26 bits per heavy atom. The van der Waals surface area contributed by atoms with Gasteiger partial charge in [0.25, 0.3) is 0 Å². The van der Waals surface area contributed by atoms with E-state index in [4.69, 9.17) is 16.1 Å². The van der Waals surface area contributed by atoms with Crippen LogP contribution in [0.5, 0.6) is 0 Å². The Labute approximate surface area is 162 Å². The van der Waals surface area contributed by atoms with Crippen molar-refractivity contribution in [1.82, 2.24) is 15.0 Å². The van der Waals surface area contributed by atoms with Gasteiger partial charge in [0.1, 0.15) is 6.04 Å². The van der Waals surface area contributed by atoms with Crippen LogP contribution in [0, 0.1) is 6.92 Å². The van der Waals surface area contributed by atoms with Crippen molar-refractivity contribution in [3.8, 4) is 11.4 Å². The third-order valence-electron chi connectivity index (χ3n) is 4.64. The molecule has 138 valence electrons.